The summed E-state index contributed by atoms with van der Waals surface area (Å²) in [7, 11) is 0. The number of benzene rings is 2. The van der Waals surface area contributed by atoms with Gasteiger partial charge in [-0.3, -0.25) is 0 Å². The molecule has 112 valence electrons. The van der Waals surface area contributed by atoms with Gasteiger partial charge in [-0.2, -0.15) is 0 Å². The molecule has 0 aromatic heterocycles. The summed E-state index contributed by atoms with van der Waals surface area (Å²) in [6, 6.07) is 20.3. The van der Waals surface area contributed by atoms with Gasteiger partial charge in [-0.15, -0.1) is 0 Å². The maximum absolute atomic E-state index is 11.7. The number of hydrogen-bond acceptors (Lipinski definition) is 2. The monoisotopic (exact) mass is 292 g/mol. The van der Waals surface area contributed by atoms with Gasteiger partial charge in [-0.25, -0.2) is 4.79 Å². The van der Waals surface area contributed by atoms with Crippen molar-refractivity contribution < 1.29 is 9.53 Å². The molecular formula is C20H20O2. The Morgan fingerprint density at radius 3 is 1.86 bits per heavy atom. The molecule has 2 rings (SSSR count). The SMILES string of the molecule is CCOC(=O)C(C)=CC=C(c1ccccc1)c1ccccc1. The Balaban J connectivity index is 2.39. The number of carbonyl (C=O) groups is 1. The molecule has 0 radical (unpaired) electrons. The predicted octanol–water partition coefficient (Wildman–Crippen LogP) is 4.63. The van der Waals surface area contributed by atoms with E-state index in [1.54, 1.807) is 13.8 Å². The largest absolute Gasteiger partial charge is 0.463 e. The van der Waals surface area contributed by atoms with Gasteiger partial charge in [0.1, 0.15) is 0 Å². The standard InChI is InChI=1S/C20H20O2/c1-3-22-20(21)16(2)14-15-19(17-10-6-4-7-11-17)18-12-8-5-9-13-18/h4-15H,3H2,1-2H3. The molecule has 2 aromatic rings. The first kappa shape index (κ1) is 15.8. The van der Waals surface area contributed by atoms with E-state index < -0.39 is 0 Å². The number of hydrogen-bond donors (Lipinski definition) is 0. The van der Waals surface area contributed by atoms with Crippen LogP contribution < -0.4 is 0 Å². The first-order valence-electron chi connectivity index (χ1n) is 7.39. The van der Waals surface area contributed by atoms with Crippen LogP contribution in [0, 0.1) is 0 Å². The van der Waals surface area contributed by atoms with Crippen molar-refractivity contribution in [2.45, 2.75) is 13.8 Å². The Labute approximate surface area is 131 Å². The molecule has 0 unspecified atom stereocenters. The zero-order valence-corrected chi connectivity index (χ0v) is 13.0. The highest BCUT2D eigenvalue weighted by Gasteiger charge is 2.06. The van der Waals surface area contributed by atoms with E-state index in [0.717, 1.165) is 16.7 Å². The van der Waals surface area contributed by atoms with Crippen LogP contribution in [-0.2, 0) is 9.53 Å². The van der Waals surface area contributed by atoms with Gasteiger partial charge in [0.05, 0.1) is 6.61 Å². The third-order valence-electron chi connectivity index (χ3n) is 3.27. The second kappa shape index (κ2) is 7.99. The van der Waals surface area contributed by atoms with Crippen molar-refractivity contribution in [3.8, 4) is 0 Å². The van der Waals surface area contributed by atoms with Crippen LogP contribution >= 0.6 is 0 Å². The van der Waals surface area contributed by atoms with Gasteiger partial charge in [0.15, 0.2) is 0 Å². The molecule has 22 heavy (non-hydrogen) atoms. The molecule has 2 aromatic carbocycles. The molecular weight excluding hydrogens is 272 g/mol. The van der Waals surface area contributed by atoms with E-state index in [0.29, 0.717) is 12.2 Å². The van der Waals surface area contributed by atoms with Gasteiger partial charge in [-0.05, 0) is 30.5 Å². The molecule has 0 fully saturated rings. The van der Waals surface area contributed by atoms with Crippen LogP contribution in [0.5, 0.6) is 0 Å². The van der Waals surface area contributed by atoms with Gasteiger partial charge < -0.3 is 4.74 Å². The van der Waals surface area contributed by atoms with E-state index >= 15 is 0 Å². The normalized spacial score (nSPS) is 10.9. The minimum Gasteiger partial charge on any atom is -0.463 e. The molecule has 2 nitrogen and oxygen atoms in total. The second-order valence-corrected chi connectivity index (χ2v) is 4.88. The molecule has 0 N–H and O–H groups in total. The van der Waals surface area contributed by atoms with Crippen LogP contribution in [-0.4, -0.2) is 12.6 Å². The fourth-order valence-corrected chi connectivity index (χ4v) is 2.12. The average molecular weight is 292 g/mol. The lowest BCUT2D eigenvalue weighted by molar-refractivity contribution is -0.138. The summed E-state index contributed by atoms with van der Waals surface area (Å²) in [5.74, 6) is -0.278. The Morgan fingerprint density at radius 1 is 0.909 bits per heavy atom. The second-order valence-electron chi connectivity index (χ2n) is 4.88. The third kappa shape index (κ3) is 4.19. The summed E-state index contributed by atoms with van der Waals surface area (Å²) in [6.45, 7) is 3.96. The summed E-state index contributed by atoms with van der Waals surface area (Å²) >= 11 is 0. The quantitative estimate of drug-likeness (QED) is 0.456. The highest BCUT2D eigenvalue weighted by Crippen LogP contribution is 2.23. The summed E-state index contributed by atoms with van der Waals surface area (Å²) < 4.78 is 5.01. The van der Waals surface area contributed by atoms with E-state index in [4.69, 9.17) is 4.74 Å². The van der Waals surface area contributed by atoms with Crippen molar-refractivity contribution in [2.24, 2.45) is 0 Å². The lowest BCUT2D eigenvalue weighted by Gasteiger charge is -2.08. The zero-order chi connectivity index (χ0) is 15.8. The Hall–Kier alpha value is -2.61. The predicted molar refractivity (Wildman–Crippen MR) is 90.4 cm³/mol. The van der Waals surface area contributed by atoms with Crippen molar-refractivity contribution >= 4 is 11.5 Å². The molecule has 0 saturated heterocycles. The van der Waals surface area contributed by atoms with Gasteiger partial charge in [0, 0.05) is 5.57 Å². The van der Waals surface area contributed by atoms with Crippen molar-refractivity contribution in [3.63, 3.8) is 0 Å². The van der Waals surface area contributed by atoms with Gasteiger partial charge in [0.25, 0.3) is 0 Å². The minimum atomic E-state index is -0.278. The molecule has 0 aliphatic heterocycles. The Morgan fingerprint density at radius 2 is 1.41 bits per heavy atom. The molecule has 0 aliphatic rings. The van der Waals surface area contributed by atoms with Crippen LogP contribution in [0.15, 0.2) is 78.4 Å². The van der Waals surface area contributed by atoms with Crippen LogP contribution in [0.1, 0.15) is 25.0 Å². The van der Waals surface area contributed by atoms with E-state index in [1.165, 1.54) is 0 Å². The lowest BCUT2D eigenvalue weighted by Crippen LogP contribution is -2.04. The number of allylic oxidation sites excluding steroid dienone is 2. The number of rotatable bonds is 5. The van der Waals surface area contributed by atoms with E-state index in [1.807, 2.05) is 48.6 Å². The van der Waals surface area contributed by atoms with Crippen LogP contribution in [0.3, 0.4) is 0 Å². The molecule has 0 atom stereocenters. The van der Waals surface area contributed by atoms with E-state index in [-0.39, 0.29) is 5.97 Å². The lowest BCUT2D eigenvalue weighted by atomic mass is 9.97. The number of ether oxygens (including phenoxy) is 1. The van der Waals surface area contributed by atoms with Crippen LogP contribution in [0.25, 0.3) is 5.57 Å². The highest BCUT2D eigenvalue weighted by atomic mass is 16.5. The maximum Gasteiger partial charge on any atom is 0.333 e. The molecule has 0 aliphatic carbocycles. The van der Waals surface area contributed by atoms with Gasteiger partial charge in [-0.1, -0.05) is 72.8 Å². The highest BCUT2D eigenvalue weighted by molar-refractivity contribution is 5.89. The molecule has 2 heteroatoms. The summed E-state index contributed by atoms with van der Waals surface area (Å²) in [6.07, 6.45) is 3.78. The number of carbonyl (C=O) groups excluding carboxylic acids is 1. The topological polar surface area (TPSA) is 26.3 Å². The fraction of sp³-hybridized carbons (Fsp3) is 0.150. The summed E-state index contributed by atoms with van der Waals surface area (Å²) in [5, 5.41) is 0. The van der Waals surface area contributed by atoms with Crippen LogP contribution in [0.2, 0.25) is 0 Å². The molecule has 0 spiro atoms. The van der Waals surface area contributed by atoms with Gasteiger partial charge >= 0.3 is 5.97 Å². The average Bonchev–Trinajstić information content (AvgIpc) is 2.57. The first-order valence-corrected chi connectivity index (χ1v) is 7.39. The Kier molecular flexibility index (Phi) is 5.73. The van der Waals surface area contributed by atoms with E-state index in [2.05, 4.69) is 24.3 Å². The van der Waals surface area contributed by atoms with Crippen LogP contribution in [0.4, 0.5) is 0 Å². The smallest absolute Gasteiger partial charge is 0.333 e. The molecule has 0 saturated carbocycles. The van der Waals surface area contributed by atoms with Crippen molar-refractivity contribution in [1.82, 2.24) is 0 Å². The summed E-state index contributed by atoms with van der Waals surface area (Å²) in [5.41, 5.74) is 3.89. The minimum absolute atomic E-state index is 0.278. The van der Waals surface area contributed by atoms with Crippen molar-refractivity contribution in [1.29, 1.82) is 0 Å². The number of esters is 1. The maximum atomic E-state index is 11.7. The van der Waals surface area contributed by atoms with E-state index in [9.17, 15) is 4.79 Å². The van der Waals surface area contributed by atoms with Crippen molar-refractivity contribution in [2.75, 3.05) is 6.61 Å². The summed E-state index contributed by atoms with van der Waals surface area (Å²) in [4.78, 5) is 11.7. The van der Waals surface area contributed by atoms with Gasteiger partial charge in [0.2, 0.25) is 0 Å². The fourth-order valence-electron chi connectivity index (χ4n) is 2.12. The molecule has 0 amide bonds. The molecule has 0 bridgehead atoms. The third-order valence-corrected chi connectivity index (χ3v) is 3.27. The zero-order valence-electron chi connectivity index (χ0n) is 13.0. The first-order chi connectivity index (χ1) is 10.7. The van der Waals surface area contributed by atoms with Crippen molar-refractivity contribution in [3.05, 3.63) is 89.5 Å². The molecule has 0 heterocycles. The Bertz CT molecular complexity index is 626.